The van der Waals surface area contributed by atoms with E-state index in [0.717, 1.165) is 17.0 Å². The predicted molar refractivity (Wildman–Crippen MR) is 151 cm³/mol. The lowest BCUT2D eigenvalue weighted by Crippen LogP contribution is -2.41. The summed E-state index contributed by atoms with van der Waals surface area (Å²) in [5.41, 5.74) is 3.56. The minimum absolute atomic E-state index is 0.253. The zero-order valence-corrected chi connectivity index (χ0v) is 22.3. The second-order valence-corrected chi connectivity index (χ2v) is 10.2. The van der Waals surface area contributed by atoms with Crippen LogP contribution >= 0.6 is 11.3 Å². The number of nitrogens with one attached hydrogen (secondary N) is 1. The van der Waals surface area contributed by atoms with Crippen molar-refractivity contribution < 1.29 is 14.3 Å². The Labute approximate surface area is 227 Å². The molecule has 39 heavy (non-hydrogen) atoms. The number of aromatic nitrogens is 1. The summed E-state index contributed by atoms with van der Waals surface area (Å²) >= 11 is 1.16. The molecule has 0 saturated carbocycles. The molecule has 0 fully saturated rings. The van der Waals surface area contributed by atoms with Crippen LogP contribution in [0.3, 0.4) is 0 Å². The fourth-order valence-corrected chi connectivity index (χ4v) is 6.24. The zero-order chi connectivity index (χ0) is 27.3. The first-order chi connectivity index (χ1) is 18.9. The number of nitrogens with zero attached hydrogens (tertiary/aromatic N) is 3. The average Bonchev–Trinajstić information content (AvgIpc) is 3.40. The highest BCUT2D eigenvalue weighted by Gasteiger charge is 2.36. The molecule has 0 spiro atoms. The summed E-state index contributed by atoms with van der Waals surface area (Å²) in [4.78, 5) is 47.9. The molecule has 2 amide bonds. The van der Waals surface area contributed by atoms with Crippen LogP contribution in [0.4, 0.5) is 11.4 Å². The van der Waals surface area contributed by atoms with E-state index in [-0.39, 0.29) is 17.4 Å². The van der Waals surface area contributed by atoms with E-state index in [1.165, 1.54) is 4.57 Å². The van der Waals surface area contributed by atoms with Crippen molar-refractivity contribution in [1.29, 1.82) is 0 Å². The van der Waals surface area contributed by atoms with Crippen LogP contribution in [-0.2, 0) is 9.59 Å². The first-order valence-corrected chi connectivity index (χ1v) is 13.1. The number of likely N-dealkylation sites (N-methyl/N-ethyl adjacent to an activating group) is 1. The number of amides is 2. The second-order valence-electron chi connectivity index (χ2n) is 9.26. The predicted octanol–water partition coefficient (Wildman–Crippen LogP) is 3.23. The van der Waals surface area contributed by atoms with Crippen molar-refractivity contribution in [3.63, 3.8) is 0 Å². The highest BCUT2D eigenvalue weighted by molar-refractivity contribution is 7.07. The number of carbonyl (C=O) groups excluding carboxylic acids is 2. The normalized spacial score (nSPS) is 17.5. The number of fused-ring (bicyclic) bond motifs is 2. The number of methoxy groups -OCH3 is 1. The molecule has 9 heteroatoms. The Morgan fingerprint density at radius 3 is 2.51 bits per heavy atom. The fraction of sp³-hybridized carbons (Fsp3) is 0.133. The summed E-state index contributed by atoms with van der Waals surface area (Å²) in [5.74, 6) is -0.0242. The number of ether oxygens (including phenoxy) is 1. The number of thiazole rings is 1. The number of carbonyl (C=O) groups is 2. The molecule has 1 N–H and O–H groups in total. The van der Waals surface area contributed by atoms with Gasteiger partial charge in [-0.2, -0.15) is 0 Å². The molecule has 0 unspecified atom stereocenters. The van der Waals surface area contributed by atoms with Crippen molar-refractivity contribution in [1.82, 2.24) is 4.57 Å². The topological polar surface area (TPSA) is 93.0 Å². The van der Waals surface area contributed by atoms with E-state index in [1.807, 2.05) is 60.7 Å². The van der Waals surface area contributed by atoms with Crippen LogP contribution in [0.25, 0.3) is 5.57 Å². The third kappa shape index (κ3) is 3.98. The Balaban J connectivity index is 1.60. The van der Waals surface area contributed by atoms with Crippen LogP contribution in [0.5, 0.6) is 5.75 Å². The van der Waals surface area contributed by atoms with Crippen LogP contribution in [0.15, 0.2) is 99.9 Å². The van der Waals surface area contributed by atoms with Gasteiger partial charge in [-0.3, -0.25) is 19.0 Å². The van der Waals surface area contributed by atoms with Gasteiger partial charge in [0.05, 0.1) is 35.7 Å². The van der Waals surface area contributed by atoms with E-state index in [2.05, 4.69) is 5.32 Å². The van der Waals surface area contributed by atoms with Crippen molar-refractivity contribution in [2.45, 2.75) is 13.0 Å². The molecule has 3 heterocycles. The Morgan fingerprint density at radius 1 is 1.00 bits per heavy atom. The molecule has 0 aliphatic carbocycles. The van der Waals surface area contributed by atoms with Gasteiger partial charge in [-0.05, 0) is 42.8 Å². The fourth-order valence-electron chi connectivity index (χ4n) is 5.10. The number of anilines is 2. The molecule has 1 aromatic heterocycles. The second kappa shape index (κ2) is 9.52. The minimum atomic E-state index is -0.779. The van der Waals surface area contributed by atoms with Gasteiger partial charge in [0.1, 0.15) is 10.3 Å². The SMILES string of the molecule is COc1cccc([C@H]2C(C(=O)Nc3ccccc3)=C(C)N=c3s/c(=C4\C(=O)N(C)c5ccccc54)c(=O)n32)c1. The smallest absolute Gasteiger partial charge is 0.271 e. The molecule has 194 valence electrons. The summed E-state index contributed by atoms with van der Waals surface area (Å²) in [6.07, 6.45) is 0. The number of allylic oxidation sites excluding steroid dienone is 1. The van der Waals surface area contributed by atoms with Crippen molar-refractivity contribution in [3.05, 3.63) is 121 Å². The minimum Gasteiger partial charge on any atom is -0.497 e. The van der Waals surface area contributed by atoms with Gasteiger partial charge in [0.2, 0.25) is 0 Å². The van der Waals surface area contributed by atoms with E-state index in [0.29, 0.717) is 48.7 Å². The standard InChI is InChI=1S/C30H24N4O4S/c1-17-23(27(35)32-19-11-5-4-6-12-19)25(18-10-9-13-20(16-18)38-3)34-29(37)26(39-30(34)31-17)24-21-14-7-8-15-22(21)33(2)28(24)36/h4-16,25H,1-3H3,(H,32,35)/b26-24-/t25-/m0/s1. The quantitative estimate of drug-likeness (QED) is 0.434. The van der Waals surface area contributed by atoms with E-state index >= 15 is 0 Å². The third-order valence-corrected chi connectivity index (χ3v) is 8.02. The molecular weight excluding hydrogens is 512 g/mol. The lowest BCUT2D eigenvalue weighted by molar-refractivity contribution is -0.113. The maximum absolute atomic E-state index is 14.2. The maximum atomic E-state index is 14.2. The molecular formula is C30H24N4O4S. The number of rotatable bonds is 4. The Bertz CT molecular complexity index is 1870. The Kier molecular flexibility index (Phi) is 6.00. The molecule has 0 saturated heterocycles. The van der Waals surface area contributed by atoms with Gasteiger partial charge < -0.3 is 15.0 Å². The molecule has 1 atom stereocenters. The van der Waals surface area contributed by atoms with Crippen LogP contribution < -0.4 is 29.8 Å². The first kappa shape index (κ1) is 24.6. The highest BCUT2D eigenvalue weighted by atomic mass is 32.1. The molecule has 0 radical (unpaired) electrons. The lowest BCUT2D eigenvalue weighted by Gasteiger charge is -2.25. The third-order valence-electron chi connectivity index (χ3n) is 6.96. The summed E-state index contributed by atoms with van der Waals surface area (Å²) in [5, 5.41) is 2.94. The molecule has 8 nitrogen and oxygen atoms in total. The van der Waals surface area contributed by atoms with Gasteiger partial charge in [0.25, 0.3) is 17.4 Å². The monoisotopic (exact) mass is 536 g/mol. The first-order valence-electron chi connectivity index (χ1n) is 12.3. The van der Waals surface area contributed by atoms with Gasteiger partial charge in [0.15, 0.2) is 4.80 Å². The van der Waals surface area contributed by atoms with Gasteiger partial charge >= 0.3 is 0 Å². The van der Waals surface area contributed by atoms with Crippen molar-refractivity contribution >= 4 is 40.1 Å². The van der Waals surface area contributed by atoms with Gasteiger partial charge in [-0.1, -0.05) is 59.9 Å². The van der Waals surface area contributed by atoms with Crippen molar-refractivity contribution in [2.24, 2.45) is 4.99 Å². The van der Waals surface area contributed by atoms with Gasteiger partial charge in [-0.15, -0.1) is 0 Å². The van der Waals surface area contributed by atoms with E-state index in [9.17, 15) is 14.4 Å². The zero-order valence-electron chi connectivity index (χ0n) is 21.5. The molecule has 6 rings (SSSR count). The Morgan fingerprint density at radius 2 is 1.74 bits per heavy atom. The van der Waals surface area contributed by atoms with Crippen LogP contribution in [0.1, 0.15) is 24.1 Å². The molecule has 2 aliphatic rings. The molecule has 0 bridgehead atoms. The summed E-state index contributed by atoms with van der Waals surface area (Å²) < 4.78 is 7.26. The number of benzene rings is 3. The van der Waals surface area contributed by atoms with Gasteiger partial charge in [-0.25, -0.2) is 4.99 Å². The molecule has 3 aromatic carbocycles. The number of hydrogen-bond acceptors (Lipinski definition) is 6. The van der Waals surface area contributed by atoms with Crippen LogP contribution in [-0.4, -0.2) is 30.5 Å². The maximum Gasteiger partial charge on any atom is 0.271 e. The van der Waals surface area contributed by atoms with E-state index in [1.54, 1.807) is 44.2 Å². The summed E-state index contributed by atoms with van der Waals surface area (Å²) in [6, 6.07) is 23.0. The van der Waals surface area contributed by atoms with Crippen LogP contribution in [0, 0.1) is 0 Å². The lowest BCUT2D eigenvalue weighted by atomic mass is 9.95. The van der Waals surface area contributed by atoms with Crippen molar-refractivity contribution in [3.8, 4) is 5.75 Å². The molecule has 2 aliphatic heterocycles. The van der Waals surface area contributed by atoms with Crippen LogP contribution in [0.2, 0.25) is 0 Å². The summed E-state index contributed by atoms with van der Waals surface area (Å²) in [6.45, 7) is 1.76. The van der Waals surface area contributed by atoms with Gasteiger partial charge in [0, 0.05) is 18.3 Å². The van der Waals surface area contributed by atoms with Crippen molar-refractivity contribution in [2.75, 3.05) is 24.4 Å². The highest BCUT2D eigenvalue weighted by Crippen LogP contribution is 2.35. The number of hydrogen-bond donors (Lipinski definition) is 1. The van der Waals surface area contributed by atoms with E-state index in [4.69, 9.17) is 9.73 Å². The van der Waals surface area contributed by atoms with E-state index < -0.39 is 6.04 Å². The summed E-state index contributed by atoms with van der Waals surface area (Å²) in [7, 11) is 3.26. The Hall–Kier alpha value is -4.76. The largest absolute Gasteiger partial charge is 0.497 e. The average molecular weight is 537 g/mol. The molecule has 4 aromatic rings. The number of para-hydroxylation sites is 2.